The fourth-order valence-corrected chi connectivity index (χ4v) is 4.35. The quantitative estimate of drug-likeness (QED) is 0.402. The molecule has 0 spiro atoms. The van der Waals surface area contributed by atoms with Crippen LogP contribution in [0.3, 0.4) is 0 Å². The molecular formula is C21H26N4O5. The molecule has 0 bridgehead atoms. The van der Waals surface area contributed by atoms with Gasteiger partial charge >= 0.3 is 5.69 Å². The number of aromatic nitrogens is 2. The van der Waals surface area contributed by atoms with Gasteiger partial charge in [0.05, 0.1) is 23.7 Å². The maximum Gasteiger partial charge on any atom is 0.329 e. The van der Waals surface area contributed by atoms with E-state index in [1.54, 1.807) is 11.6 Å². The lowest BCUT2D eigenvalue weighted by Gasteiger charge is -2.22. The molecule has 2 saturated heterocycles. The van der Waals surface area contributed by atoms with Crippen molar-refractivity contribution in [3.8, 4) is 0 Å². The monoisotopic (exact) mass is 414 g/mol. The van der Waals surface area contributed by atoms with Gasteiger partial charge in [0.15, 0.2) is 0 Å². The molecule has 2 amide bonds. The van der Waals surface area contributed by atoms with Crippen molar-refractivity contribution in [2.24, 2.45) is 7.05 Å². The first kappa shape index (κ1) is 20.5. The van der Waals surface area contributed by atoms with Gasteiger partial charge in [0, 0.05) is 39.5 Å². The van der Waals surface area contributed by atoms with Crippen LogP contribution in [-0.4, -0.2) is 57.9 Å². The fourth-order valence-electron chi connectivity index (χ4n) is 4.35. The van der Waals surface area contributed by atoms with E-state index in [0.29, 0.717) is 25.0 Å². The summed E-state index contributed by atoms with van der Waals surface area (Å²) in [4.78, 5) is 49.3. The number of nitrogens with one attached hydrogen (secondary N) is 1. The molecular weight excluding hydrogens is 388 g/mol. The van der Waals surface area contributed by atoms with E-state index in [-0.39, 0.29) is 24.1 Å². The van der Waals surface area contributed by atoms with E-state index in [2.05, 4.69) is 10.2 Å². The number of carbonyl (C=O) groups excluding carboxylic acids is 3. The fraction of sp³-hybridized carbons (Fsp3) is 0.524. The third-order valence-electron chi connectivity index (χ3n) is 5.90. The van der Waals surface area contributed by atoms with E-state index in [1.807, 2.05) is 18.2 Å². The second kappa shape index (κ2) is 8.53. The molecule has 9 heteroatoms. The molecule has 2 aliphatic heterocycles. The second-order valence-corrected chi connectivity index (χ2v) is 7.97. The van der Waals surface area contributed by atoms with Gasteiger partial charge < -0.3 is 9.53 Å². The molecule has 2 fully saturated rings. The van der Waals surface area contributed by atoms with Crippen LogP contribution in [0.4, 0.5) is 0 Å². The van der Waals surface area contributed by atoms with E-state index in [4.69, 9.17) is 4.74 Å². The number of nitrogens with zero attached hydrogens (tertiary/aromatic N) is 3. The SMILES string of the molecule is Cn1c(=O)n(C2CCC(=O)NC2=O)c2ccc(CN3CC[C@@H](OCCC=O)C3)cc21. The molecule has 30 heavy (non-hydrogen) atoms. The first-order valence-corrected chi connectivity index (χ1v) is 10.3. The van der Waals surface area contributed by atoms with E-state index < -0.39 is 11.9 Å². The number of piperidine rings is 1. The molecule has 0 aliphatic carbocycles. The minimum Gasteiger partial charge on any atom is -0.376 e. The molecule has 1 unspecified atom stereocenters. The summed E-state index contributed by atoms with van der Waals surface area (Å²) in [6.07, 6.45) is 2.92. The number of ether oxygens (including phenoxy) is 1. The van der Waals surface area contributed by atoms with Gasteiger partial charge in [-0.2, -0.15) is 0 Å². The zero-order chi connectivity index (χ0) is 21.3. The van der Waals surface area contributed by atoms with Crippen molar-refractivity contribution in [1.29, 1.82) is 0 Å². The number of imidazole rings is 1. The number of rotatable bonds is 7. The molecule has 4 rings (SSSR count). The Morgan fingerprint density at radius 2 is 2.03 bits per heavy atom. The largest absolute Gasteiger partial charge is 0.376 e. The molecule has 0 radical (unpaired) electrons. The first-order chi connectivity index (χ1) is 14.5. The topological polar surface area (TPSA) is 103 Å². The molecule has 3 heterocycles. The summed E-state index contributed by atoms with van der Waals surface area (Å²) in [5.74, 6) is -0.728. The lowest BCUT2D eigenvalue weighted by molar-refractivity contribution is -0.135. The molecule has 1 aromatic heterocycles. The summed E-state index contributed by atoms with van der Waals surface area (Å²) < 4.78 is 8.77. The van der Waals surface area contributed by atoms with Gasteiger partial charge in [-0.1, -0.05) is 6.07 Å². The highest BCUT2D eigenvalue weighted by Gasteiger charge is 2.31. The zero-order valence-electron chi connectivity index (χ0n) is 17.0. The van der Waals surface area contributed by atoms with Crippen LogP contribution in [0, 0.1) is 0 Å². The van der Waals surface area contributed by atoms with Crippen LogP contribution in [0.15, 0.2) is 23.0 Å². The Bertz CT molecular complexity index is 1040. The number of benzene rings is 1. The lowest BCUT2D eigenvalue weighted by Crippen LogP contribution is -2.44. The number of hydrogen-bond acceptors (Lipinski definition) is 6. The number of aldehydes is 1. The summed E-state index contributed by atoms with van der Waals surface area (Å²) >= 11 is 0. The Balaban J connectivity index is 1.52. The van der Waals surface area contributed by atoms with Gasteiger partial charge in [0.25, 0.3) is 0 Å². The normalized spacial score (nSPS) is 22.6. The van der Waals surface area contributed by atoms with Crippen molar-refractivity contribution < 1.29 is 19.1 Å². The van der Waals surface area contributed by atoms with Crippen molar-refractivity contribution in [1.82, 2.24) is 19.4 Å². The highest BCUT2D eigenvalue weighted by molar-refractivity contribution is 6.00. The lowest BCUT2D eigenvalue weighted by atomic mass is 10.1. The van der Waals surface area contributed by atoms with Crippen molar-refractivity contribution in [3.63, 3.8) is 0 Å². The summed E-state index contributed by atoms with van der Waals surface area (Å²) in [6, 6.07) is 5.17. The third-order valence-corrected chi connectivity index (χ3v) is 5.90. The highest BCUT2D eigenvalue weighted by atomic mass is 16.5. The van der Waals surface area contributed by atoms with E-state index in [9.17, 15) is 19.2 Å². The molecule has 160 valence electrons. The van der Waals surface area contributed by atoms with Gasteiger partial charge in [0.1, 0.15) is 12.3 Å². The van der Waals surface area contributed by atoms with Crippen molar-refractivity contribution in [2.45, 2.75) is 44.4 Å². The number of aryl methyl sites for hydroxylation is 1. The van der Waals surface area contributed by atoms with Gasteiger partial charge in [-0.15, -0.1) is 0 Å². The Morgan fingerprint density at radius 1 is 1.20 bits per heavy atom. The number of amides is 2. The average molecular weight is 414 g/mol. The van der Waals surface area contributed by atoms with Crippen LogP contribution in [0.25, 0.3) is 11.0 Å². The molecule has 2 aliphatic rings. The molecule has 1 aromatic carbocycles. The maximum absolute atomic E-state index is 12.8. The minimum atomic E-state index is -0.674. The summed E-state index contributed by atoms with van der Waals surface area (Å²) in [6.45, 7) is 2.93. The van der Waals surface area contributed by atoms with Gasteiger partial charge in [-0.3, -0.25) is 28.9 Å². The van der Waals surface area contributed by atoms with Crippen molar-refractivity contribution in [2.75, 3.05) is 19.7 Å². The smallest absolute Gasteiger partial charge is 0.329 e. The first-order valence-electron chi connectivity index (χ1n) is 10.3. The average Bonchev–Trinajstić information content (AvgIpc) is 3.26. The van der Waals surface area contributed by atoms with Crippen molar-refractivity contribution >= 4 is 29.1 Å². The Labute approximate surface area is 173 Å². The summed E-state index contributed by atoms with van der Waals surface area (Å²) in [5.41, 5.74) is 2.27. The standard InChI is InChI=1S/C21H26N4O5/c1-23-18-11-14(12-24-8-7-15(13-24)30-10-2-9-26)3-4-16(18)25(21(23)29)17-5-6-19(27)22-20(17)28/h3-4,9,11,15,17H,2,5-8,10,12-13H2,1H3,(H,22,27,28)/t15-,17?/m1/s1. The summed E-state index contributed by atoms with van der Waals surface area (Å²) in [7, 11) is 1.70. The maximum atomic E-state index is 12.8. The van der Waals surface area contributed by atoms with Crippen LogP contribution in [0.1, 0.15) is 37.3 Å². The number of carbonyl (C=O) groups is 3. The van der Waals surface area contributed by atoms with Crippen LogP contribution in [0.2, 0.25) is 0 Å². The third kappa shape index (κ3) is 3.95. The Kier molecular flexibility index (Phi) is 5.83. The van der Waals surface area contributed by atoms with E-state index in [0.717, 1.165) is 43.4 Å². The van der Waals surface area contributed by atoms with Gasteiger partial charge in [0.2, 0.25) is 11.8 Å². The Hall–Kier alpha value is -2.78. The van der Waals surface area contributed by atoms with E-state index in [1.165, 1.54) is 4.57 Å². The van der Waals surface area contributed by atoms with Crippen LogP contribution < -0.4 is 11.0 Å². The number of imide groups is 1. The Morgan fingerprint density at radius 3 is 2.80 bits per heavy atom. The predicted octanol–water partition coefficient (Wildman–Crippen LogP) is 0.498. The molecule has 2 atom stereocenters. The van der Waals surface area contributed by atoms with Gasteiger partial charge in [-0.25, -0.2) is 4.79 Å². The highest BCUT2D eigenvalue weighted by Crippen LogP contribution is 2.25. The number of likely N-dealkylation sites (tertiary alicyclic amines) is 1. The van der Waals surface area contributed by atoms with Crippen molar-refractivity contribution in [3.05, 3.63) is 34.2 Å². The molecule has 2 aromatic rings. The second-order valence-electron chi connectivity index (χ2n) is 7.97. The number of fused-ring (bicyclic) bond motifs is 1. The van der Waals surface area contributed by atoms with Crippen LogP contribution in [-0.2, 0) is 32.7 Å². The van der Waals surface area contributed by atoms with E-state index >= 15 is 0 Å². The predicted molar refractivity (Wildman–Crippen MR) is 109 cm³/mol. The molecule has 9 nitrogen and oxygen atoms in total. The van der Waals surface area contributed by atoms with Gasteiger partial charge in [-0.05, 0) is 30.5 Å². The summed E-state index contributed by atoms with van der Waals surface area (Å²) in [5, 5.41) is 2.33. The molecule has 1 N–H and O–H groups in total. The number of hydrogen-bond donors (Lipinski definition) is 1. The zero-order valence-corrected chi connectivity index (χ0v) is 17.0. The van der Waals surface area contributed by atoms with Crippen LogP contribution in [0.5, 0.6) is 0 Å². The van der Waals surface area contributed by atoms with Crippen LogP contribution >= 0.6 is 0 Å². The minimum absolute atomic E-state index is 0.145. The molecule has 0 saturated carbocycles.